The molecule has 1 saturated carbocycles. The molecule has 3 unspecified atom stereocenters. The summed E-state index contributed by atoms with van der Waals surface area (Å²) in [6.07, 6.45) is 6.58. The van der Waals surface area contributed by atoms with E-state index in [9.17, 15) is 5.11 Å². The van der Waals surface area contributed by atoms with E-state index in [1.54, 1.807) is 18.2 Å². The highest BCUT2D eigenvalue weighted by atomic mass is 35.5. The van der Waals surface area contributed by atoms with Gasteiger partial charge in [0.1, 0.15) is 11.4 Å². The molecule has 2 heterocycles. The maximum Gasteiger partial charge on any atom is 0.175 e. The van der Waals surface area contributed by atoms with Crippen molar-refractivity contribution < 1.29 is 9.84 Å². The van der Waals surface area contributed by atoms with Crippen LogP contribution in [0.4, 0.5) is 0 Å². The highest BCUT2D eigenvalue weighted by Crippen LogP contribution is 2.65. The number of fused-ring (bicyclic) bond motifs is 3. The second-order valence-corrected chi connectivity index (χ2v) is 7.41. The quantitative estimate of drug-likeness (QED) is 0.791. The highest BCUT2D eigenvalue weighted by Gasteiger charge is 2.69. The Morgan fingerprint density at radius 3 is 2.81 bits per heavy atom. The van der Waals surface area contributed by atoms with Gasteiger partial charge in [0.15, 0.2) is 11.2 Å². The van der Waals surface area contributed by atoms with Gasteiger partial charge < -0.3 is 9.84 Å². The Bertz CT molecular complexity index is 992. The Labute approximate surface area is 163 Å². The Morgan fingerprint density at radius 2 is 2.19 bits per heavy atom. The molecule has 1 aliphatic carbocycles. The minimum atomic E-state index is -1.29. The molecule has 2 aliphatic rings. The summed E-state index contributed by atoms with van der Waals surface area (Å²) in [7, 11) is 0. The van der Waals surface area contributed by atoms with E-state index < -0.39 is 11.2 Å². The lowest BCUT2D eigenvalue weighted by molar-refractivity contribution is -0.113. The predicted octanol–water partition coefficient (Wildman–Crippen LogP) is 4.62. The van der Waals surface area contributed by atoms with Gasteiger partial charge in [-0.05, 0) is 43.0 Å². The molecule has 27 heavy (non-hydrogen) atoms. The van der Waals surface area contributed by atoms with Gasteiger partial charge in [-0.15, -0.1) is 0 Å². The van der Waals surface area contributed by atoms with E-state index in [0.29, 0.717) is 28.5 Å². The third kappa shape index (κ3) is 2.29. The number of allylic oxidation sites excluding steroid dienone is 2. The van der Waals surface area contributed by atoms with Crippen LogP contribution in [0, 0.1) is 17.2 Å². The van der Waals surface area contributed by atoms with Crippen molar-refractivity contribution in [1.82, 2.24) is 4.98 Å². The topological polar surface area (TPSA) is 66.1 Å². The number of ether oxygens (including phenoxy) is 1. The number of rotatable bonds is 3. The van der Waals surface area contributed by atoms with Crippen molar-refractivity contribution in [1.29, 1.82) is 5.26 Å². The van der Waals surface area contributed by atoms with Crippen LogP contribution in [0.3, 0.4) is 0 Å². The molecule has 1 fully saturated rings. The second-order valence-electron chi connectivity index (χ2n) is 6.97. The van der Waals surface area contributed by atoms with E-state index in [4.69, 9.17) is 21.6 Å². The summed E-state index contributed by atoms with van der Waals surface area (Å²) in [6.45, 7) is 5.90. The van der Waals surface area contributed by atoms with Crippen molar-refractivity contribution in [3.8, 4) is 11.8 Å². The van der Waals surface area contributed by atoms with Crippen LogP contribution < -0.4 is 4.74 Å². The van der Waals surface area contributed by atoms with E-state index in [-0.39, 0.29) is 5.92 Å². The summed E-state index contributed by atoms with van der Waals surface area (Å²) in [6, 6.07) is 11.0. The van der Waals surface area contributed by atoms with Gasteiger partial charge in [0.2, 0.25) is 0 Å². The molecule has 2 aromatic rings. The fraction of sp³-hybridized carbons (Fsp3) is 0.273. The fourth-order valence-electron chi connectivity index (χ4n) is 4.62. The van der Waals surface area contributed by atoms with E-state index in [1.807, 2.05) is 31.2 Å². The third-order valence-corrected chi connectivity index (χ3v) is 6.00. The lowest BCUT2D eigenvalue weighted by atomic mass is 9.72. The number of aliphatic hydroxyl groups is 1. The van der Waals surface area contributed by atoms with E-state index in [0.717, 1.165) is 17.6 Å². The van der Waals surface area contributed by atoms with E-state index in [1.165, 1.54) is 6.20 Å². The number of nitrogens with zero attached hydrogens (tertiary/aromatic N) is 2. The van der Waals surface area contributed by atoms with Crippen LogP contribution in [-0.2, 0) is 11.2 Å². The summed E-state index contributed by atoms with van der Waals surface area (Å²) in [5, 5.41) is 21.5. The molecule has 136 valence electrons. The van der Waals surface area contributed by atoms with Gasteiger partial charge in [0.25, 0.3) is 0 Å². The molecule has 0 radical (unpaired) electrons. The fourth-order valence-corrected chi connectivity index (χ4v) is 4.76. The van der Waals surface area contributed by atoms with Gasteiger partial charge in [-0.1, -0.05) is 42.5 Å². The van der Waals surface area contributed by atoms with Crippen molar-refractivity contribution in [3.63, 3.8) is 0 Å². The average molecular weight is 379 g/mol. The van der Waals surface area contributed by atoms with Crippen molar-refractivity contribution in [2.75, 3.05) is 0 Å². The predicted molar refractivity (Wildman–Crippen MR) is 103 cm³/mol. The first-order chi connectivity index (χ1) is 13.0. The first kappa shape index (κ1) is 17.8. The Kier molecular flexibility index (Phi) is 4.10. The number of nitriles is 1. The first-order valence-electron chi connectivity index (χ1n) is 8.87. The van der Waals surface area contributed by atoms with Crippen molar-refractivity contribution in [2.45, 2.75) is 31.0 Å². The third-order valence-electron chi connectivity index (χ3n) is 5.80. The molecule has 4 nitrogen and oxygen atoms in total. The lowest BCUT2D eigenvalue weighted by Gasteiger charge is -2.40. The molecule has 1 aromatic heterocycles. The summed E-state index contributed by atoms with van der Waals surface area (Å²) in [5.41, 5.74) is 0.550. The van der Waals surface area contributed by atoms with Gasteiger partial charge in [0.05, 0.1) is 16.7 Å². The summed E-state index contributed by atoms with van der Waals surface area (Å²) >= 11 is 6.12. The van der Waals surface area contributed by atoms with Crippen LogP contribution in [0.5, 0.6) is 5.75 Å². The van der Waals surface area contributed by atoms with Crippen LogP contribution >= 0.6 is 11.6 Å². The van der Waals surface area contributed by atoms with Crippen LogP contribution in [-0.4, -0.2) is 10.1 Å². The summed E-state index contributed by atoms with van der Waals surface area (Å²) in [4.78, 5) is 4.42. The number of aromatic nitrogens is 1. The number of benzene rings is 1. The SMILES string of the molecule is C=C/C(=C\C)C1CCC2(O)c3ncc(Cl)cc3OC12c1ccc(C#N)cc1. The Balaban J connectivity index is 1.98. The van der Waals surface area contributed by atoms with Crippen molar-refractivity contribution >= 4 is 11.6 Å². The summed E-state index contributed by atoms with van der Waals surface area (Å²) < 4.78 is 6.49. The highest BCUT2D eigenvalue weighted by molar-refractivity contribution is 6.30. The largest absolute Gasteiger partial charge is 0.476 e. The second kappa shape index (κ2) is 6.23. The summed E-state index contributed by atoms with van der Waals surface area (Å²) in [5.74, 6) is 0.393. The van der Waals surface area contributed by atoms with E-state index >= 15 is 0 Å². The zero-order valence-electron chi connectivity index (χ0n) is 14.9. The number of halogens is 1. The first-order valence-corrected chi connectivity index (χ1v) is 9.24. The zero-order valence-corrected chi connectivity index (χ0v) is 15.7. The van der Waals surface area contributed by atoms with Crippen LogP contribution in [0.25, 0.3) is 0 Å². The normalized spacial score (nSPS) is 28.8. The molecule has 1 aliphatic heterocycles. The zero-order chi connectivity index (χ0) is 19.2. The number of hydrogen-bond acceptors (Lipinski definition) is 4. The average Bonchev–Trinajstić information content (AvgIpc) is 3.10. The smallest absolute Gasteiger partial charge is 0.175 e. The minimum absolute atomic E-state index is 0.106. The molecule has 3 atom stereocenters. The molecule has 1 N–H and O–H groups in total. The Morgan fingerprint density at radius 1 is 1.44 bits per heavy atom. The maximum absolute atomic E-state index is 11.9. The number of pyridine rings is 1. The van der Waals surface area contributed by atoms with Gasteiger partial charge in [-0.25, -0.2) is 0 Å². The van der Waals surface area contributed by atoms with Crippen LogP contribution in [0.2, 0.25) is 5.02 Å². The van der Waals surface area contributed by atoms with E-state index in [2.05, 4.69) is 17.6 Å². The van der Waals surface area contributed by atoms with Crippen molar-refractivity contribution in [3.05, 3.63) is 82.7 Å². The molecule has 1 aromatic carbocycles. The molecule has 0 spiro atoms. The standard InChI is InChI=1S/C22H19ClN2O2/c1-3-15(4-2)18-9-10-21(26)20-19(11-17(23)13-25-20)27-22(18,21)16-7-5-14(12-24)6-8-16/h3-8,11,13,18,26H,1,9-10H2,2H3/b15-4+. The minimum Gasteiger partial charge on any atom is -0.476 e. The van der Waals surface area contributed by atoms with Crippen molar-refractivity contribution in [2.24, 2.45) is 5.92 Å². The monoisotopic (exact) mass is 378 g/mol. The molecule has 0 bridgehead atoms. The number of hydrogen-bond donors (Lipinski definition) is 1. The molecule has 5 heteroatoms. The van der Waals surface area contributed by atoms with Gasteiger partial charge >= 0.3 is 0 Å². The lowest BCUT2D eigenvalue weighted by Crippen LogP contribution is -2.49. The van der Waals surface area contributed by atoms with Gasteiger partial charge in [0, 0.05) is 18.2 Å². The van der Waals surface area contributed by atoms with Gasteiger partial charge in [-0.3, -0.25) is 4.98 Å². The Hall–Kier alpha value is -2.61. The van der Waals surface area contributed by atoms with Gasteiger partial charge in [-0.2, -0.15) is 5.26 Å². The molecule has 0 saturated heterocycles. The molecular formula is C22H19ClN2O2. The van der Waals surface area contributed by atoms with Crippen LogP contribution in [0.1, 0.15) is 36.6 Å². The molecular weight excluding hydrogens is 360 g/mol. The molecule has 4 rings (SSSR count). The van der Waals surface area contributed by atoms with Crippen LogP contribution in [0.15, 0.2) is 60.8 Å². The molecule has 0 amide bonds. The maximum atomic E-state index is 11.9.